The minimum absolute atomic E-state index is 0.107. The second kappa shape index (κ2) is 8.86. The molecule has 158 valence electrons. The second-order valence-corrected chi connectivity index (χ2v) is 9.86. The number of thiophene rings is 1. The van der Waals surface area contributed by atoms with Gasteiger partial charge in [-0.15, -0.1) is 11.3 Å². The van der Waals surface area contributed by atoms with Gasteiger partial charge in [0.1, 0.15) is 4.88 Å². The van der Waals surface area contributed by atoms with Crippen LogP contribution in [0.1, 0.15) is 67.4 Å². The van der Waals surface area contributed by atoms with E-state index in [9.17, 15) is 19.8 Å². The molecule has 29 heavy (non-hydrogen) atoms. The summed E-state index contributed by atoms with van der Waals surface area (Å²) in [4.78, 5) is 27.4. The van der Waals surface area contributed by atoms with Crippen molar-refractivity contribution >= 4 is 28.9 Å². The van der Waals surface area contributed by atoms with E-state index in [0.29, 0.717) is 17.2 Å². The first kappa shape index (κ1) is 21.8. The number of rotatable bonds is 4. The number of carboxylic acids is 1. The average molecular weight is 420 g/mol. The van der Waals surface area contributed by atoms with Gasteiger partial charge in [-0.1, -0.05) is 31.1 Å². The lowest BCUT2D eigenvalue weighted by molar-refractivity contribution is -0.140. The highest BCUT2D eigenvalue weighted by Crippen LogP contribution is 2.38. The molecule has 0 aromatic carbocycles. The molecule has 1 aliphatic carbocycles. The lowest BCUT2D eigenvalue weighted by atomic mass is 9.82. The van der Waals surface area contributed by atoms with E-state index in [0.717, 1.165) is 37.0 Å². The summed E-state index contributed by atoms with van der Waals surface area (Å²) in [6.07, 6.45) is 4.41. The number of anilines is 1. The van der Waals surface area contributed by atoms with Crippen molar-refractivity contribution in [1.82, 2.24) is 0 Å². The van der Waals surface area contributed by atoms with Crippen molar-refractivity contribution in [3.63, 3.8) is 0 Å². The molecular weight excluding hydrogens is 390 g/mol. The van der Waals surface area contributed by atoms with Crippen molar-refractivity contribution in [3.05, 3.63) is 15.8 Å². The molecule has 0 radical (unpaired) electrons. The summed E-state index contributed by atoms with van der Waals surface area (Å²) in [7, 11) is 0. The van der Waals surface area contributed by atoms with Gasteiger partial charge in [0.15, 0.2) is 6.10 Å². The number of hydrogen-bond donors (Lipinski definition) is 2. The maximum absolute atomic E-state index is 13.1. The number of morpholine rings is 1. The van der Waals surface area contributed by atoms with Gasteiger partial charge in [0.2, 0.25) is 0 Å². The van der Waals surface area contributed by atoms with Gasteiger partial charge in [-0.25, -0.2) is 4.79 Å². The first-order chi connectivity index (χ1) is 13.7. The van der Waals surface area contributed by atoms with E-state index in [1.54, 1.807) is 11.0 Å². The molecule has 1 aromatic rings. The first-order valence-corrected chi connectivity index (χ1v) is 11.0. The minimum Gasteiger partial charge on any atom is -0.477 e. The highest BCUT2D eigenvalue weighted by Gasteiger charge is 2.42. The van der Waals surface area contributed by atoms with Gasteiger partial charge in [0.05, 0.1) is 29.8 Å². The van der Waals surface area contributed by atoms with E-state index in [2.05, 4.69) is 11.8 Å². The van der Waals surface area contributed by atoms with Crippen LogP contribution in [0.3, 0.4) is 0 Å². The molecule has 2 aliphatic rings. The van der Waals surface area contributed by atoms with E-state index >= 15 is 0 Å². The Bertz CT molecular complexity index is 822. The summed E-state index contributed by atoms with van der Waals surface area (Å²) in [5.74, 6) is 5.00. The molecule has 2 N–H and O–H groups in total. The predicted octanol–water partition coefficient (Wildman–Crippen LogP) is 3.52. The van der Waals surface area contributed by atoms with Gasteiger partial charge >= 0.3 is 5.97 Å². The number of aliphatic hydroxyl groups excluding tert-OH is 1. The van der Waals surface area contributed by atoms with Crippen LogP contribution in [-0.2, 0) is 9.53 Å². The lowest BCUT2D eigenvalue weighted by Gasteiger charge is -2.43. The van der Waals surface area contributed by atoms with E-state index in [-0.39, 0.29) is 28.2 Å². The Labute approximate surface area is 175 Å². The first-order valence-electron chi connectivity index (χ1n) is 10.2. The van der Waals surface area contributed by atoms with E-state index in [4.69, 9.17) is 4.74 Å². The summed E-state index contributed by atoms with van der Waals surface area (Å²) in [6, 6.07) is 1.49. The van der Waals surface area contributed by atoms with Gasteiger partial charge in [-0.05, 0) is 45.6 Å². The zero-order valence-corrected chi connectivity index (χ0v) is 18.1. The number of carbonyl (C=O) groups excluding carboxylic acids is 1. The van der Waals surface area contributed by atoms with Gasteiger partial charge in [-0.2, -0.15) is 0 Å². The topological polar surface area (TPSA) is 87.1 Å². The van der Waals surface area contributed by atoms with Gasteiger partial charge < -0.3 is 19.8 Å². The molecule has 1 saturated heterocycles. The molecule has 2 heterocycles. The lowest BCUT2D eigenvalue weighted by Crippen LogP contribution is -2.58. The summed E-state index contributed by atoms with van der Waals surface area (Å²) >= 11 is 1.09. The summed E-state index contributed by atoms with van der Waals surface area (Å²) < 4.78 is 5.64. The molecule has 1 unspecified atom stereocenters. The Balaban J connectivity index is 2.04. The molecule has 6 nitrogen and oxygen atoms in total. The van der Waals surface area contributed by atoms with Crippen LogP contribution >= 0.6 is 11.3 Å². The van der Waals surface area contributed by atoms with Gasteiger partial charge in [0.25, 0.3) is 5.91 Å². The molecule has 1 aromatic heterocycles. The number of ether oxygens (including phenoxy) is 1. The number of amides is 1. The SMILES string of the molecule is CC(C)(C)C#Cc1cc(N2C(=O)C(CO)OC[C@H]2C2CCCCC2)c(C(=O)O)s1. The molecule has 2 atom stereocenters. The maximum Gasteiger partial charge on any atom is 0.348 e. The molecule has 7 heteroatoms. The summed E-state index contributed by atoms with van der Waals surface area (Å²) in [6.45, 7) is 5.85. The standard InChI is InChI=1S/C22H29NO5S/c1-22(2,3)10-9-15-11-16(19(29-15)21(26)27)23-17(14-7-5-4-6-8-14)13-28-18(12-24)20(23)25/h11,14,17-18,24H,4-8,12-13H2,1-3H3,(H,26,27)/t17-,18?/m0/s1. The fourth-order valence-electron chi connectivity index (χ4n) is 4.00. The van der Waals surface area contributed by atoms with Crippen molar-refractivity contribution in [3.8, 4) is 11.8 Å². The number of nitrogens with zero attached hydrogens (tertiary/aromatic N) is 1. The van der Waals surface area contributed by atoms with Crippen molar-refractivity contribution in [2.45, 2.75) is 65.0 Å². The van der Waals surface area contributed by atoms with E-state index in [1.165, 1.54) is 6.42 Å². The Hall–Kier alpha value is -1.88. The molecule has 3 rings (SSSR count). The molecule has 0 bridgehead atoms. The monoisotopic (exact) mass is 419 g/mol. The third-order valence-corrected chi connectivity index (χ3v) is 6.43. The van der Waals surface area contributed by atoms with Crippen LogP contribution in [0.4, 0.5) is 5.69 Å². The number of aliphatic hydroxyl groups is 1. The van der Waals surface area contributed by atoms with E-state index < -0.39 is 18.7 Å². The molecule has 1 amide bonds. The Kier molecular flexibility index (Phi) is 6.67. The fourth-order valence-corrected chi connectivity index (χ4v) is 4.84. The van der Waals surface area contributed by atoms with Crippen LogP contribution < -0.4 is 4.90 Å². The molecule has 1 saturated carbocycles. The van der Waals surface area contributed by atoms with Crippen molar-refractivity contribution in [1.29, 1.82) is 0 Å². The number of aromatic carboxylic acids is 1. The minimum atomic E-state index is -1.07. The number of hydrogen-bond acceptors (Lipinski definition) is 5. The van der Waals surface area contributed by atoms with Crippen LogP contribution in [0.15, 0.2) is 6.07 Å². The van der Waals surface area contributed by atoms with Crippen LogP contribution in [0, 0.1) is 23.2 Å². The Morgan fingerprint density at radius 1 is 1.31 bits per heavy atom. The van der Waals surface area contributed by atoms with Crippen LogP contribution in [0.2, 0.25) is 0 Å². The average Bonchev–Trinajstić information content (AvgIpc) is 3.10. The summed E-state index contributed by atoms with van der Waals surface area (Å²) in [5, 5.41) is 19.4. The largest absolute Gasteiger partial charge is 0.477 e. The van der Waals surface area contributed by atoms with Crippen LogP contribution in [0.25, 0.3) is 0 Å². The third kappa shape index (κ3) is 5.00. The second-order valence-electron chi connectivity index (χ2n) is 8.81. The highest BCUT2D eigenvalue weighted by atomic mass is 32.1. The van der Waals surface area contributed by atoms with E-state index in [1.807, 2.05) is 20.8 Å². The van der Waals surface area contributed by atoms with Crippen LogP contribution in [-0.4, -0.2) is 47.4 Å². The zero-order chi connectivity index (χ0) is 21.2. The van der Waals surface area contributed by atoms with Crippen molar-refractivity contribution in [2.75, 3.05) is 18.1 Å². The molecule has 1 aliphatic heterocycles. The third-order valence-electron chi connectivity index (χ3n) is 5.40. The fraction of sp³-hybridized carbons (Fsp3) is 0.636. The zero-order valence-electron chi connectivity index (χ0n) is 17.2. The van der Waals surface area contributed by atoms with Crippen molar-refractivity contribution in [2.24, 2.45) is 11.3 Å². The van der Waals surface area contributed by atoms with Gasteiger partial charge in [-0.3, -0.25) is 4.79 Å². The predicted molar refractivity (Wildman–Crippen MR) is 112 cm³/mol. The molecule has 2 fully saturated rings. The summed E-state index contributed by atoms with van der Waals surface area (Å²) in [5.41, 5.74) is 0.164. The highest BCUT2D eigenvalue weighted by molar-refractivity contribution is 7.15. The number of carbonyl (C=O) groups is 2. The van der Waals surface area contributed by atoms with Gasteiger partial charge in [0, 0.05) is 5.41 Å². The number of carboxylic acid groups (broad SMARTS) is 1. The Morgan fingerprint density at radius 2 is 2.00 bits per heavy atom. The van der Waals surface area contributed by atoms with Crippen molar-refractivity contribution < 1.29 is 24.5 Å². The molecular formula is C22H29NO5S. The quantitative estimate of drug-likeness (QED) is 0.729. The van der Waals surface area contributed by atoms with Crippen LogP contribution in [0.5, 0.6) is 0 Å². The molecule has 0 spiro atoms. The smallest absolute Gasteiger partial charge is 0.348 e. The normalized spacial score (nSPS) is 23.6. The Morgan fingerprint density at radius 3 is 2.59 bits per heavy atom. The maximum atomic E-state index is 13.1.